The number of nitrogens with zero attached hydrogens (tertiary/aromatic N) is 2. The van der Waals surface area contributed by atoms with Gasteiger partial charge in [-0.2, -0.15) is 4.98 Å². The Bertz CT molecular complexity index is 768. The monoisotopic (exact) mass is 474 g/mol. The second-order valence-electron chi connectivity index (χ2n) is 7.12. The zero-order valence-electron chi connectivity index (χ0n) is 18.6. The Labute approximate surface area is 192 Å². The highest BCUT2D eigenvalue weighted by atomic mass is 35.5. The van der Waals surface area contributed by atoms with E-state index in [1.54, 1.807) is 14.2 Å². The largest absolute Gasteiger partial charge is 0.480 e. The molecular weight excluding hydrogens is 444 g/mol. The van der Waals surface area contributed by atoms with Crippen LogP contribution in [0.4, 0.5) is 5.82 Å². The van der Waals surface area contributed by atoms with Gasteiger partial charge in [0, 0.05) is 27.3 Å². The molecule has 0 saturated carbocycles. The first-order valence-corrected chi connectivity index (χ1v) is 10.6. The van der Waals surface area contributed by atoms with E-state index >= 15 is 0 Å². The summed E-state index contributed by atoms with van der Waals surface area (Å²) in [4.78, 5) is 30.8. The maximum Gasteiger partial charge on any atom is 0.320 e. The molecule has 0 spiro atoms. The maximum atomic E-state index is 12.8. The fraction of sp³-hybridized carbons (Fsp3) is 0.650. The van der Waals surface area contributed by atoms with Crippen LogP contribution in [-0.4, -0.2) is 101 Å². The van der Waals surface area contributed by atoms with E-state index in [9.17, 15) is 9.59 Å². The highest BCUT2D eigenvalue weighted by molar-refractivity contribution is 6.33. The van der Waals surface area contributed by atoms with Crippen LogP contribution in [0.3, 0.4) is 0 Å². The maximum absolute atomic E-state index is 12.8. The predicted octanol–water partition coefficient (Wildman–Crippen LogP) is 0.351. The first-order chi connectivity index (χ1) is 15.4. The minimum Gasteiger partial charge on any atom is -0.480 e. The zero-order valence-corrected chi connectivity index (χ0v) is 19.4. The number of piperidine rings is 1. The van der Waals surface area contributed by atoms with Gasteiger partial charge in [0.1, 0.15) is 18.0 Å². The lowest BCUT2D eigenvalue weighted by Crippen LogP contribution is -2.55. The fourth-order valence-corrected chi connectivity index (χ4v) is 3.42. The van der Waals surface area contributed by atoms with E-state index < -0.39 is 5.91 Å². The number of nitrogens with two attached hydrogens (primary N) is 1. The standard InChI is InChI=1S/C20H31ClN4O7/c1-28-6-7-31-8-9-32-17(26)12-25-5-4-15(16(11-25)29-2)23-19(27)13-10-14(21)18(22)24-20(13)30-3/h10,15-16H,4-9,11-12H2,1-3H3,(H2,22,24)(H,23,27)/t15-,16+/m0/s1. The number of hydrogen-bond donors (Lipinski definition) is 2. The van der Waals surface area contributed by atoms with Crippen LogP contribution in [0.15, 0.2) is 6.07 Å². The van der Waals surface area contributed by atoms with E-state index in [-0.39, 0.29) is 53.6 Å². The molecule has 0 aromatic carbocycles. The molecule has 1 fully saturated rings. The molecule has 1 amide bonds. The van der Waals surface area contributed by atoms with Crippen LogP contribution < -0.4 is 15.8 Å². The number of methoxy groups -OCH3 is 3. The molecule has 2 atom stereocenters. The van der Waals surface area contributed by atoms with Gasteiger partial charge in [-0.3, -0.25) is 14.5 Å². The molecule has 32 heavy (non-hydrogen) atoms. The van der Waals surface area contributed by atoms with Crippen molar-refractivity contribution in [2.45, 2.75) is 18.6 Å². The van der Waals surface area contributed by atoms with Crippen molar-refractivity contribution in [1.29, 1.82) is 0 Å². The van der Waals surface area contributed by atoms with Crippen LogP contribution >= 0.6 is 11.6 Å². The number of ether oxygens (including phenoxy) is 5. The van der Waals surface area contributed by atoms with Crippen molar-refractivity contribution in [1.82, 2.24) is 15.2 Å². The molecule has 0 aliphatic carbocycles. The fourth-order valence-electron chi connectivity index (χ4n) is 3.26. The SMILES string of the molecule is COCCOCCOC(=O)CN1CC[C@H](NC(=O)c2cc(Cl)c(N)nc2OC)[C@H](OC)C1. The molecule has 11 nitrogen and oxygen atoms in total. The number of amides is 1. The third-order valence-corrected chi connectivity index (χ3v) is 5.25. The van der Waals surface area contributed by atoms with Gasteiger partial charge in [0.15, 0.2) is 0 Å². The number of likely N-dealkylation sites (tertiary alicyclic amines) is 1. The molecule has 1 aliphatic heterocycles. The van der Waals surface area contributed by atoms with Gasteiger partial charge in [0.25, 0.3) is 5.91 Å². The van der Waals surface area contributed by atoms with E-state index in [1.165, 1.54) is 13.2 Å². The summed E-state index contributed by atoms with van der Waals surface area (Å²) in [5.41, 5.74) is 5.86. The minimum atomic E-state index is -0.398. The number of aromatic nitrogens is 1. The highest BCUT2D eigenvalue weighted by Crippen LogP contribution is 2.25. The third kappa shape index (κ3) is 7.75. The number of halogens is 1. The lowest BCUT2D eigenvalue weighted by atomic mass is 10.0. The van der Waals surface area contributed by atoms with Gasteiger partial charge >= 0.3 is 5.97 Å². The van der Waals surface area contributed by atoms with Crippen molar-refractivity contribution in [3.8, 4) is 5.88 Å². The van der Waals surface area contributed by atoms with Gasteiger partial charge in [-0.15, -0.1) is 0 Å². The van der Waals surface area contributed by atoms with E-state index in [0.29, 0.717) is 39.3 Å². The van der Waals surface area contributed by atoms with Crippen molar-refractivity contribution < 1.29 is 33.3 Å². The topological polar surface area (TPSA) is 134 Å². The Balaban J connectivity index is 1.84. The van der Waals surface area contributed by atoms with Crippen molar-refractivity contribution in [3.05, 3.63) is 16.7 Å². The summed E-state index contributed by atoms with van der Waals surface area (Å²) >= 11 is 6.01. The van der Waals surface area contributed by atoms with Crippen molar-refractivity contribution >= 4 is 29.3 Å². The summed E-state index contributed by atoms with van der Waals surface area (Å²) in [6, 6.07) is 1.15. The van der Waals surface area contributed by atoms with Crippen LogP contribution in [0, 0.1) is 0 Å². The number of hydrogen-bond acceptors (Lipinski definition) is 10. The summed E-state index contributed by atoms with van der Waals surface area (Å²) in [7, 11) is 4.55. The molecule has 180 valence electrons. The summed E-state index contributed by atoms with van der Waals surface area (Å²) in [6.45, 7) is 2.62. The van der Waals surface area contributed by atoms with Gasteiger partial charge in [-0.25, -0.2) is 0 Å². The normalized spacial score (nSPS) is 18.9. The second kappa shape index (κ2) is 13.4. The van der Waals surface area contributed by atoms with Crippen molar-refractivity contribution in [3.63, 3.8) is 0 Å². The molecule has 3 N–H and O–H groups in total. The van der Waals surface area contributed by atoms with Crippen molar-refractivity contribution in [2.24, 2.45) is 0 Å². The number of anilines is 1. The molecule has 2 rings (SSSR count). The third-order valence-electron chi connectivity index (χ3n) is 4.94. The van der Waals surface area contributed by atoms with Crippen molar-refractivity contribution in [2.75, 3.05) is 73.1 Å². The molecule has 1 aliphatic rings. The Morgan fingerprint density at radius 3 is 2.69 bits per heavy atom. The van der Waals surface area contributed by atoms with Crippen LogP contribution in [0.2, 0.25) is 5.02 Å². The van der Waals surface area contributed by atoms with Gasteiger partial charge in [-0.1, -0.05) is 11.6 Å². The van der Waals surface area contributed by atoms with Crippen LogP contribution in [0.25, 0.3) is 0 Å². The molecule has 0 bridgehead atoms. The highest BCUT2D eigenvalue weighted by Gasteiger charge is 2.32. The van der Waals surface area contributed by atoms with E-state index in [4.69, 9.17) is 41.0 Å². The lowest BCUT2D eigenvalue weighted by molar-refractivity contribution is -0.147. The van der Waals surface area contributed by atoms with E-state index in [1.807, 2.05) is 4.90 Å². The molecule has 1 aromatic heterocycles. The van der Waals surface area contributed by atoms with E-state index in [0.717, 1.165) is 0 Å². The number of nitrogen functional groups attached to an aromatic ring is 1. The first kappa shape index (κ1) is 26.1. The quantitative estimate of drug-likeness (QED) is 0.322. The summed E-state index contributed by atoms with van der Waals surface area (Å²) in [5, 5.41) is 3.10. The number of carbonyl (C=O) groups excluding carboxylic acids is 2. The van der Waals surface area contributed by atoms with Gasteiger partial charge < -0.3 is 34.7 Å². The smallest absolute Gasteiger partial charge is 0.320 e. The Morgan fingerprint density at radius 2 is 2.00 bits per heavy atom. The average molecular weight is 475 g/mol. The van der Waals surface area contributed by atoms with Crippen LogP contribution in [0.1, 0.15) is 16.8 Å². The predicted molar refractivity (Wildman–Crippen MR) is 117 cm³/mol. The lowest BCUT2D eigenvalue weighted by Gasteiger charge is -2.37. The molecule has 0 radical (unpaired) electrons. The molecule has 2 heterocycles. The Morgan fingerprint density at radius 1 is 1.25 bits per heavy atom. The van der Waals surface area contributed by atoms with Gasteiger partial charge in [0.05, 0.1) is 50.6 Å². The molecule has 1 saturated heterocycles. The molecule has 12 heteroatoms. The number of esters is 1. The van der Waals surface area contributed by atoms with Gasteiger partial charge in [-0.05, 0) is 12.5 Å². The molecular formula is C20H31ClN4O7. The average Bonchev–Trinajstić information content (AvgIpc) is 2.78. The van der Waals surface area contributed by atoms with E-state index in [2.05, 4.69) is 10.3 Å². The number of carbonyl (C=O) groups is 2. The number of rotatable bonds is 12. The zero-order chi connectivity index (χ0) is 23.5. The van der Waals surface area contributed by atoms with Crippen LogP contribution in [-0.2, 0) is 23.7 Å². The second-order valence-corrected chi connectivity index (χ2v) is 7.52. The summed E-state index contributed by atoms with van der Waals surface area (Å²) in [6.07, 6.45) is 0.261. The van der Waals surface area contributed by atoms with Gasteiger partial charge in [0.2, 0.25) is 5.88 Å². The number of nitrogens with one attached hydrogen (secondary N) is 1. The molecule has 0 unspecified atom stereocenters. The summed E-state index contributed by atoms with van der Waals surface area (Å²) < 4.78 is 26.0. The van der Waals surface area contributed by atoms with Crippen LogP contribution in [0.5, 0.6) is 5.88 Å². The molecule has 1 aromatic rings. The first-order valence-electron chi connectivity index (χ1n) is 10.2. The Hall–Kier alpha value is -2.18. The summed E-state index contributed by atoms with van der Waals surface area (Å²) in [5.74, 6) is -0.573. The Kier molecular flexibility index (Phi) is 10.9. The minimum absolute atomic E-state index is 0.0802. The number of pyridine rings is 1.